The van der Waals surface area contributed by atoms with Gasteiger partial charge in [0.2, 0.25) is 11.8 Å². The number of carbonyl (C=O) groups excluding carboxylic acids is 3. The summed E-state index contributed by atoms with van der Waals surface area (Å²) in [4.78, 5) is 43.8. The molecule has 0 bridgehead atoms. The second-order valence-corrected chi connectivity index (χ2v) is 9.60. The van der Waals surface area contributed by atoms with E-state index in [4.69, 9.17) is 11.6 Å². The number of hydrogen-bond acceptors (Lipinski definition) is 5. The summed E-state index contributed by atoms with van der Waals surface area (Å²) in [6, 6.07) is 6.93. The highest BCUT2D eigenvalue weighted by Gasteiger charge is 2.28. The SMILES string of the molecule is O=C(NC1CCCCNC1=O)c1csc(C2CCN(C(=O)Cc3ccccc3Cl)CC2)n1. The molecule has 32 heavy (non-hydrogen) atoms. The number of aromatic nitrogens is 1. The lowest BCUT2D eigenvalue weighted by atomic mass is 9.97. The van der Waals surface area contributed by atoms with E-state index in [0.29, 0.717) is 43.2 Å². The number of nitrogens with zero attached hydrogens (tertiary/aromatic N) is 2. The number of carbonyl (C=O) groups is 3. The Kier molecular flexibility index (Phi) is 7.42. The lowest BCUT2D eigenvalue weighted by Gasteiger charge is -2.31. The third-order valence-electron chi connectivity index (χ3n) is 6.09. The minimum Gasteiger partial charge on any atom is -0.354 e. The zero-order chi connectivity index (χ0) is 22.5. The van der Waals surface area contributed by atoms with Crippen molar-refractivity contribution < 1.29 is 14.4 Å². The molecule has 0 radical (unpaired) electrons. The first kappa shape index (κ1) is 22.7. The van der Waals surface area contributed by atoms with E-state index in [1.807, 2.05) is 23.1 Å². The number of amides is 3. The van der Waals surface area contributed by atoms with Crippen molar-refractivity contribution in [1.29, 1.82) is 0 Å². The number of piperidine rings is 1. The van der Waals surface area contributed by atoms with E-state index in [1.165, 1.54) is 11.3 Å². The van der Waals surface area contributed by atoms with Gasteiger partial charge >= 0.3 is 0 Å². The van der Waals surface area contributed by atoms with Crippen molar-refractivity contribution >= 4 is 40.7 Å². The Morgan fingerprint density at radius 3 is 2.75 bits per heavy atom. The van der Waals surface area contributed by atoms with E-state index in [9.17, 15) is 14.4 Å². The van der Waals surface area contributed by atoms with Gasteiger partial charge in [0.15, 0.2) is 0 Å². The molecule has 3 heterocycles. The molecule has 1 aromatic heterocycles. The van der Waals surface area contributed by atoms with Crippen LogP contribution in [0.15, 0.2) is 29.6 Å². The van der Waals surface area contributed by atoms with Gasteiger partial charge in [0, 0.05) is 36.0 Å². The summed E-state index contributed by atoms with van der Waals surface area (Å²) in [7, 11) is 0. The fourth-order valence-corrected chi connectivity index (χ4v) is 5.35. The number of hydrogen-bond donors (Lipinski definition) is 2. The smallest absolute Gasteiger partial charge is 0.271 e. The molecule has 3 amide bonds. The van der Waals surface area contributed by atoms with E-state index in [1.54, 1.807) is 11.4 Å². The molecule has 2 saturated heterocycles. The third kappa shape index (κ3) is 5.48. The van der Waals surface area contributed by atoms with Crippen LogP contribution in [0.5, 0.6) is 0 Å². The molecule has 0 saturated carbocycles. The average molecular weight is 475 g/mol. The molecule has 9 heteroatoms. The van der Waals surface area contributed by atoms with E-state index in [2.05, 4.69) is 15.6 Å². The Morgan fingerprint density at radius 2 is 1.97 bits per heavy atom. The van der Waals surface area contributed by atoms with Crippen molar-refractivity contribution in [3.63, 3.8) is 0 Å². The zero-order valence-corrected chi connectivity index (χ0v) is 19.4. The number of nitrogens with one attached hydrogen (secondary N) is 2. The molecule has 1 aromatic carbocycles. The van der Waals surface area contributed by atoms with Crippen molar-refractivity contribution in [1.82, 2.24) is 20.5 Å². The maximum atomic E-state index is 12.7. The number of rotatable bonds is 5. The summed E-state index contributed by atoms with van der Waals surface area (Å²) in [5.41, 5.74) is 1.21. The molecule has 2 aromatic rings. The van der Waals surface area contributed by atoms with Gasteiger partial charge in [-0.2, -0.15) is 0 Å². The highest BCUT2D eigenvalue weighted by molar-refractivity contribution is 7.09. The van der Waals surface area contributed by atoms with Crippen molar-refractivity contribution in [3.8, 4) is 0 Å². The van der Waals surface area contributed by atoms with Gasteiger partial charge in [0.25, 0.3) is 5.91 Å². The minimum atomic E-state index is -0.498. The summed E-state index contributed by atoms with van der Waals surface area (Å²) in [5.74, 6) is -0.119. The van der Waals surface area contributed by atoms with Gasteiger partial charge in [0.05, 0.1) is 11.4 Å². The Bertz CT molecular complexity index is 987. The largest absolute Gasteiger partial charge is 0.354 e. The van der Waals surface area contributed by atoms with Crippen LogP contribution in [0.2, 0.25) is 5.02 Å². The van der Waals surface area contributed by atoms with Gasteiger partial charge < -0.3 is 15.5 Å². The standard InChI is InChI=1S/C23H27ClN4O3S/c24-17-6-2-1-5-16(17)13-20(29)28-11-8-15(9-12-28)23-27-19(14-32-23)22(31)26-18-7-3-4-10-25-21(18)30/h1-2,5-6,14-15,18H,3-4,7-13H2,(H,25,30)(H,26,31). The van der Waals surface area contributed by atoms with Crippen molar-refractivity contribution in [2.45, 2.75) is 50.5 Å². The van der Waals surface area contributed by atoms with Gasteiger partial charge in [-0.15, -0.1) is 11.3 Å². The van der Waals surface area contributed by atoms with Gasteiger partial charge in [0.1, 0.15) is 11.7 Å². The van der Waals surface area contributed by atoms with Crippen LogP contribution in [0, 0.1) is 0 Å². The fraction of sp³-hybridized carbons (Fsp3) is 0.478. The summed E-state index contributed by atoms with van der Waals surface area (Å²) in [5, 5.41) is 8.94. The van der Waals surface area contributed by atoms with E-state index < -0.39 is 6.04 Å². The molecule has 2 fully saturated rings. The zero-order valence-electron chi connectivity index (χ0n) is 17.8. The molecular weight excluding hydrogens is 448 g/mol. The molecule has 2 N–H and O–H groups in total. The molecular formula is C23H27ClN4O3S. The van der Waals surface area contributed by atoms with Gasteiger partial charge in [-0.25, -0.2) is 4.98 Å². The summed E-state index contributed by atoms with van der Waals surface area (Å²) >= 11 is 7.66. The molecule has 0 spiro atoms. The van der Waals surface area contributed by atoms with Gasteiger partial charge in [-0.05, 0) is 43.7 Å². The maximum Gasteiger partial charge on any atom is 0.271 e. The van der Waals surface area contributed by atoms with Crippen LogP contribution in [0.3, 0.4) is 0 Å². The van der Waals surface area contributed by atoms with Crippen LogP contribution in [0.25, 0.3) is 0 Å². The van der Waals surface area contributed by atoms with Crippen LogP contribution in [-0.4, -0.2) is 53.3 Å². The summed E-state index contributed by atoms with van der Waals surface area (Å²) in [6.45, 7) is 1.99. The fourth-order valence-electron chi connectivity index (χ4n) is 4.18. The van der Waals surface area contributed by atoms with Crippen LogP contribution in [0.4, 0.5) is 0 Å². The van der Waals surface area contributed by atoms with E-state index in [-0.39, 0.29) is 23.6 Å². The maximum absolute atomic E-state index is 12.7. The summed E-state index contributed by atoms with van der Waals surface area (Å²) in [6.07, 6.45) is 4.41. The number of benzene rings is 1. The molecule has 7 nitrogen and oxygen atoms in total. The third-order valence-corrected chi connectivity index (χ3v) is 7.47. The first-order valence-electron chi connectivity index (χ1n) is 11.1. The van der Waals surface area contributed by atoms with Crippen LogP contribution in [0.1, 0.15) is 59.1 Å². The Balaban J connectivity index is 1.30. The van der Waals surface area contributed by atoms with Gasteiger partial charge in [-0.1, -0.05) is 29.8 Å². The molecule has 1 unspecified atom stereocenters. The number of likely N-dealkylation sites (tertiary alicyclic amines) is 1. The monoisotopic (exact) mass is 474 g/mol. The van der Waals surface area contributed by atoms with Gasteiger partial charge in [-0.3, -0.25) is 14.4 Å². The Hall–Kier alpha value is -2.45. The predicted molar refractivity (Wildman–Crippen MR) is 124 cm³/mol. The van der Waals surface area contributed by atoms with Crippen LogP contribution in [-0.2, 0) is 16.0 Å². The first-order valence-corrected chi connectivity index (χ1v) is 12.3. The normalized spacial score (nSPS) is 19.8. The quantitative estimate of drug-likeness (QED) is 0.696. The molecule has 0 aliphatic carbocycles. The second-order valence-electron chi connectivity index (χ2n) is 8.31. The van der Waals surface area contributed by atoms with Crippen LogP contribution >= 0.6 is 22.9 Å². The van der Waals surface area contributed by atoms with Crippen molar-refractivity contribution in [3.05, 3.63) is 50.9 Å². The lowest BCUT2D eigenvalue weighted by molar-refractivity contribution is -0.131. The topological polar surface area (TPSA) is 91.4 Å². The molecule has 1 atom stereocenters. The highest BCUT2D eigenvalue weighted by atomic mass is 35.5. The van der Waals surface area contributed by atoms with Crippen molar-refractivity contribution in [2.75, 3.05) is 19.6 Å². The second kappa shape index (κ2) is 10.4. The molecule has 4 rings (SSSR count). The molecule has 2 aliphatic rings. The van der Waals surface area contributed by atoms with Crippen LogP contribution < -0.4 is 10.6 Å². The van der Waals surface area contributed by atoms with E-state index >= 15 is 0 Å². The predicted octanol–water partition coefficient (Wildman–Crippen LogP) is 3.14. The lowest BCUT2D eigenvalue weighted by Crippen LogP contribution is -2.45. The van der Waals surface area contributed by atoms with Crippen molar-refractivity contribution in [2.24, 2.45) is 0 Å². The minimum absolute atomic E-state index is 0.0810. The first-order chi connectivity index (χ1) is 15.5. The highest BCUT2D eigenvalue weighted by Crippen LogP contribution is 2.31. The number of thiazole rings is 1. The Labute approximate surface area is 196 Å². The average Bonchev–Trinajstić information content (AvgIpc) is 3.21. The molecule has 2 aliphatic heterocycles. The molecule has 170 valence electrons. The van der Waals surface area contributed by atoms with E-state index in [0.717, 1.165) is 36.3 Å². The number of halogens is 1. The summed E-state index contributed by atoms with van der Waals surface area (Å²) < 4.78 is 0. The Morgan fingerprint density at radius 1 is 1.19 bits per heavy atom.